The van der Waals surface area contributed by atoms with E-state index in [1.165, 1.54) is 128 Å². The SMILES string of the molecule is CCCCCCCCCCCCOCC(COCCCCCCCCCCCC)(C[N+](C)(C)C)C[N+](C)(C)C. The molecule has 0 rings (SSSR count). The molecular formula is C35H76N2O2+2. The highest BCUT2D eigenvalue weighted by Crippen LogP contribution is 2.26. The van der Waals surface area contributed by atoms with Gasteiger partial charge in [-0.05, 0) is 12.8 Å². The molecule has 0 saturated carbocycles. The molecule has 0 saturated heterocycles. The fourth-order valence-corrected chi connectivity index (χ4v) is 6.25. The molecule has 0 bridgehead atoms. The van der Waals surface area contributed by atoms with Crippen molar-refractivity contribution in [3.05, 3.63) is 0 Å². The summed E-state index contributed by atoms with van der Waals surface area (Å²) in [7, 11) is 13.9. The maximum atomic E-state index is 6.42. The number of rotatable bonds is 30. The van der Waals surface area contributed by atoms with Crippen molar-refractivity contribution in [2.45, 2.75) is 142 Å². The number of hydrogen-bond donors (Lipinski definition) is 0. The van der Waals surface area contributed by atoms with Crippen LogP contribution in [0.15, 0.2) is 0 Å². The first-order valence-corrected chi connectivity index (χ1v) is 17.3. The molecule has 0 unspecified atom stereocenters. The lowest BCUT2D eigenvalue weighted by atomic mass is 9.87. The van der Waals surface area contributed by atoms with Crippen LogP contribution in [0.2, 0.25) is 0 Å². The lowest BCUT2D eigenvalue weighted by Crippen LogP contribution is -2.57. The second-order valence-electron chi connectivity index (χ2n) is 14.9. The molecule has 39 heavy (non-hydrogen) atoms. The fraction of sp³-hybridized carbons (Fsp3) is 1.00. The summed E-state index contributed by atoms with van der Waals surface area (Å²) in [5, 5.41) is 0. The van der Waals surface area contributed by atoms with Crippen molar-refractivity contribution in [1.29, 1.82) is 0 Å². The van der Waals surface area contributed by atoms with E-state index in [1.807, 2.05) is 0 Å². The Balaban J connectivity index is 4.40. The van der Waals surface area contributed by atoms with Crippen molar-refractivity contribution < 1.29 is 18.4 Å². The topological polar surface area (TPSA) is 18.5 Å². The molecule has 4 heteroatoms. The number of nitrogens with zero attached hydrogens (tertiary/aromatic N) is 2. The van der Waals surface area contributed by atoms with Crippen molar-refractivity contribution in [2.75, 3.05) is 81.8 Å². The highest BCUT2D eigenvalue weighted by molar-refractivity contribution is 4.79. The van der Waals surface area contributed by atoms with E-state index in [2.05, 4.69) is 56.1 Å². The van der Waals surface area contributed by atoms with E-state index in [4.69, 9.17) is 9.47 Å². The monoisotopic (exact) mass is 557 g/mol. The molecule has 0 heterocycles. The zero-order chi connectivity index (χ0) is 29.3. The highest BCUT2D eigenvalue weighted by Gasteiger charge is 2.41. The van der Waals surface area contributed by atoms with Crippen LogP contribution in [-0.4, -0.2) is 90.8 Å². The van der Waals surface area contributed by atoms with Gasteiger partial charge in [0.25, 0.3) is 0 Å². The molecule has 0 atom stereocenters. The standard InChI is InChI=1S/C35H76N2O2/c1-9-11-13-15-17-19-21-23-25-27-29-38-33-35(31-36(3,4)5,32-37(6,7)8)34-39-30-28-26-24-22-20-18-16-14-12-10-2/h9-34H2,1-8H3/q+2. The predicted molar refractivity (Wildman–Crippen MR) is 174 cm³/mol. The van der Waals surface area contributed by atoms with Crippen LogP contribution in [0.5, 0.6) is 0 Å². The van der Waals surface area contributed by atoms with Gasteiger partial charge in [-0.15, -0.1) is 0 Å². The van der Waals surface area contributed by atoms with E-state index >= 15 is 0 Å². The molecule has 0 aromatic carbocycles. The summed E-state index contributed by atoms with van der Waals surface area (Å²) in [5.41, 5.74) is 0.0491. The Morgan fingerprint density at radius 2 is 0.641 bits per heavy atom. The third-order valence-electron chi connectivity index (χ3n) is 7.72. The smallest absolute Gasteiger partial charge is 0.115 e. The average molecular weight is 557 g/mol. The van der Waals surface area contributed by atoms with E-state index in [0.717, 1.165) is 48.5 Å². The molecular weight excluding hydrogens is 480 g/mol. The van der Waals surface area contributed by atoms with E-state index in [1.54, 1.807) is 0 Å². The maximum Gasteiger partial charge on any atom is 0.115 e. The highest BCUT2D eigenvalue weighted by atomic mass is 16.5. The Labute approximate surface area is 247 Å². The molecule has 0 fully saturated rings. The van der Waals surface area contributed by atoms with Crippen LogP contribution >= 0.6 is 0 Å². The number of quaternary nitrogens is 2. The summed E-state index contributed by atoms with van der Waals surface area (Å²) in [6.07, 6.45) is 27.4. The Hall–Kier alpha value is -0.160. The van der Waals surface area contributed by atoms with Crippen LogP contribution in [-0.2, 0) is 9.47 Å². The van der Waals surface area contributed by atoms with Gasteiger partial charge >= 0.3 is 0 Å². The molecule has 0 aliphatic heterocycles. The Bertz CT molecular complexity index is 464. The van der Waals surface area contributed by atoms with Gasteiger partial charge in [0, 0.05) is 13.2 Å². The largest absolute Gasteiger partial charge is 0.380 e. The number of ether oxygens (including phenoxy) is 2. The van der Waals surface area contributed by atoms with Gasteiger partial charge in [0.2, 0.25) is 0 Å². The zero-order valence-corrected chi connectivity index (χ0v) is 28.6. The minimum absolute atomic E-state index is 0.0491. The normalized spacial score (nSPS) is 12.9. The van der Waals surface area contributed by atoms with Gasteiger partial charge in [-0.3, -0.25) is 0 Å². The molecule has 0 N–H and O–H groups in total. The second kappa shape index (κ2) is 24.4. The van der Waals surface area contributed by atoms with Gasteiger partial charge in [0.15, 0.2) is 0 Å². The van der Waals surface area contributed by atoms with Gasteiger partial charge in [-0.1, -0.05) is 129 Å². The van der Waals surface area contributed by atoms with E-state index in [-0.39, 0.29) is 5.41 Å². The van der Waals surface area contributed by atoms with Gasteiger partial charge in [-0.2, -0.15) is 0 Å². The zero-order valence-electron chi connectivity index (χ0n) is 28.6. The molecule has 0 amide bonds. The first kappa shape index (κ1) is 38.8. The van der Waals surface area contributed by atoms with Crippen molar-refractivity contribution in [1.82, 2.24) is 0 Å². The van der Waals surface area contributed by atoms with Gasteiger partial charge in [0.05, 0.1) is 68.6 Å². The van der Waals surface area contributed by atoms with Gasteiger partial charge in [0.1, 0.15) is 5.41 Å². The van der Waals surface area contributed by atoms with Crippen LogP contribution < -0.4 is 0 Å². The summed E-state index contributed by atoms with van der Waals surface area (Å²) in [6.45, 7) is 10.2. The molecule has 0 aromatic heterocycles. The Morgan fingerprint density at radius 3 is 0.897 bits per heavy atom. The molecule has 4 nitrogen and oxygen atoms in total. The van der Waals surface area contributed by atoms with Crippen molar-refractivity contribution in [3.8, 4) is 0 Å². The van der Waals surface area contributed by atoms with Crippen molar-refractivity contribution in [3.63, 3.8) is 0 Å². The minimum Gasteiger partial charge on any atom is -0.380 e. The third-order valence-corrected chi connectivity index (χ3v) is 7.72. The second-order valence-corrected chi connectivity index (χ2v) is 14.9. The lowest BCUT2D eigenvalue weighted by Gasteiger charge is -2.42. The van der Waals surface area contributed by atoms with Gasteiger partial charge in [-0.25, -0.2) is 0 Å². The summed E-state index contributed by atoms with van der Waals surface area (Å²) in [5.74, 6) is 0. The number of hydrogen-bond acceptors (Lipinski definition) is 2. The molecule has 0 aliphatic rings. The fourth-order valence-electron chi connectivity index (χ4n) is 6.25. The van der Waals surface area contributed by atoms with Crippen LogP contribution in [0.25, 0.3) is 0 Å². The molecule has 0 aliphatic carbocycles. The maximum absolute atomic E-state index is 6.42. The first-order valence-electron chi connectivity index (χ1n) is 17.3. The van der Waals surface area contributed by atoms with Gasteiger partial charge < -0.3 is 18.4 Å². The predicted octanol–water partition coefficient (Wildman–Crippen LogP) is 9.26. The van der Waals surface area contributed by atoms with Crippen molar-refractivity contribution in [2.24, 2.45) is 5.41 Å². The van der Waals surface area contributed by atoms with Crippen LogP contribution in [0.1, 0.15) is 142 Å². The third kappa shape index (κ3) is 27.8. The quantitative estimate of drug-likeness (QED) is 0.0648. The van der Waals surface area contributed by atoms with Crippen LogP contribution in [0.4, 0.5) is 0 Å². The van der Waals surface area contributed by atoms with E-state index < -0.39 is 0 Å². The lowest BCUT2D eigenvalue weighted by molar-refractivity contribution is -0.903. The molecule has 0 radical (unpaired) electrons. The van der Waals surface area contributed by atoms with Crippen LogP contribution in [0, 0.1) is 5.41 Å². The summed E-state index contributed by atoms with van der Waals surface area (Å²) in [4.78, 5) is 0. The van der Waals surface area contributed by atoms with E-state index in [0.29, 0.717) is 0 Å². The average Bonchev–Trinajstić information content (AvgIpc) is 2.83. The summed E-state index contributed by atoms with van der Waals surface area (Å²) in [6, 6.07) is 0. The summed E-state index contributed by atoms with van der Waals surface area (Å²) < 4.78 is 14.7. The Morgan fingerprint density at radius 1 is 0.385 bits per heavy atom. The minimum atomic E-state index is 0.0491. The Kier molecular flexibility index (Phi) is 24.3. The van der Waals surface area contributed by atoms with Crippen molar-refractivity contribution >= 4 is 0 Å². The first-order chi connectivity index (χ1) is 18.5. The molecule has 0 spiro atoms. The molecule has 0 aromatic rings. The number of unbranched alkanes of at least 4 members (excludes halogenated alkanes) is 18. The molecule has 236 valence electrons. The van der Waals surface area contributed by atoms with E-state index in [9.17, 15) is 0 Å². The summed E-state index contributed by atoms with van der Waals surface area (Å²) >= 11 is 0. The van der Waals surface area contributed by atoms with Crippen LogP contribution in [0.3, 0.4) is 0 Å².